The van der Waals surface area contributed by atoms with Crippen molar-refractivity contribution in [2.75, 3.05) is 5.73 Å². The van der Waals surface area contributed by atoms with Gasteiger partial charge in [-0.2, -0.15) is 13.2 Å². The smallest absolute Gasteiger partial charge is 0.387 e. The summed E-state index contributed by atoms with van der Waals surface area (Å²) in [6.07, 6.45) is -4.98. The van der Waals surface area contributed by atoms with E-state index in [0.29, 0.717) is 0 Å². The van der Waals surface area contributed by atoms with Gasteiger partial charge in [0.1, 0.15) is 4.47 Å². The molecule has 0 saturated heterocycles. The van der Waals surface area contributed by atoms with Crippen LogP contribution in [0.4, 0.5) is 30.2 Å². The van der Waals surface area contributed by atoms with E-state index < -0.39 is 43.1 Å². The number of halogens is 4. The van der Waals surface area contributed by atoms with Gasteiger partial charge in [0.2, 0.25) is 0 Å². The van der Waals surface area contributed by atoms with Crippen LogP contribution in [0.2, 0.25) is 0 Å². The van der Waals surface area contributed by atoms with Crippen molar-refractivity contribution in [1.29, 1.82) is 0 Å². The molecule has 0 spiro atoms. The lowest BCUT2D eigenvalue weighted by Crippen LogP contribution is -2.11. The van der Waals surface area contributed by atoms with Gasteiger partial charge in [0.05, 0.1) is 15.4 Å². The van der Waals surface area contributed by atoms with Crippen molar-refractivity contribution in [3.63, 3.8) is 0 Å². The average molecular weight is 330 g/mol. The van der Waals surface area contributed by atoms with Crippen molar-refractivity contribution in [3.05, 3.63) is 36.3 Å². The van der Waals surface area contributed by atoms with Crippen LogP contribution in [0.5, 0.6) is 0 Å². The highest BCUT2D eigenvalue weighted by Crippen LogP contribution is 2.46. The van der Waals surface area contributed by atoms with Crippen molar-refractivity contribution in [2.24, 2.45) is 0 Å². The van der Waals surface area contributed by atoms with Gasteiger partial charge in [-0.3, -0.25) is 20.2 Å². The molecule has 7 nitrogen and oxygen atoms in total. The zero-order valence-corrected chi connectivity index (χ0v) is 9.78. The quantitative estimate of drug-likeness (QED) is 0.509. The fourth-order valence-electron chi connectivity index (χ4n) is 1.18. The van der Waals surface area contributed by atoms with E-state index in [-0.39, 0.29) is 6.07 Å². The van der Waals surface area contributed by atoms with E-state index in [9.17, 15) is 33.4 Å². The van der Waals surface area contributed by atoms with Crippen molar-refractivity contribution in [1.82, 2.24) is 0 Å². The van der Waals surface area contributed by atoms with Crippen LogP contribution in [0.25, 0.3) is 0 Å². The number of nitro benzene ring substituents is 2. The van der Waals surface area contributed by atoms with E-state index in [1.54, 1.807) is 0 Å². The summed E-state index contributed by atoms with van der Waals surface area (Å²) in [6.45, 7) is 0. The Morgan fingerprint density at radius 3 is 2.06 bits per heavy atom. The van der Waals surface area contributed by atoms with Crippen LogP contribution < -0.4 is 5.73 Å². The van der Waals surface area contributed by atoms with Crippen LogP contribution >= 0.6 is 15.9 Å². The topological polar surface area (TPSA) is 112 Å². The van der Waals surface area contributed by atoms with E-state index in [4.69, 9.17) is 5.73 Å². The molecule has 1 rings (SSSR count). The molecule has 0 aliphatic heterocycles. The van der Waals surface area contributed by atoms with Crippen molar-refractivity contribution in [3.8, 4) is 0 Å². The second-order valence-electron chi connectivity index (χ2n) is 3.03. The average Bonchev–Trinajstić information content (AvgIpc) is 2.13. The highest BCUT2D eigenvalue weighted by Gasteiger charge is 2.40. The molecule has 0 aliphatic rings. The Bertz CT molecular complexity index is 546. The number of alkyl halides is 3. The predicted molar refractivity (Wildman–Crippen MR) is 56.9 cm³/mol. The van der Waals surface area contributed by atoms with Gasteiger partial charge < -0.3 is 5.73 Å². The Kier molecular flexibility index (Phi) is 3.46. The molecule has 0 fully saturated rings. The highest BCUT2D eigenvalue weighted by atomic mass is 79.9. The molecule has 0 unspecified atom stereocenters. The normalized spacial score (nSPS) is 11.3. The lowest BCUT2D eigenvalue weighted by molar-refractivity contribution is -0.393. The summed E-state index contributed by atoms with van der Waals surface area (Å²) in [4.78, 5) is 18.7. The van der Waals surface area contributed by atoms with E-state index in [1.807, 2.05) is 0 Å². The third-order valence-electron chi connectivity index (χ3n) is 1.94. The molecule has 1 aromatic rings. The molecule has 0 saturated carbocycles. The maximum Gasteiger partial charge on any atom is 0.418 e. The predicted octanol–water partition coefficient (Wildman–Crippen LogP) is 2.87. The number of nitrogens with two attached hydrogens (primary N) is 1. The fraction of sp³-hybridized carbons (Fsp3) is 0.143. The number of nitrogen functional groups attached to an aromatic ring is 1. The fourth-order valence-corrected chi connectivity index (χ4v) is 1.88. The molecule has 0 aromatic heterocycles. The van der Waals surface area contributed by atoms with Gasteiger partial charge in [-0.25, -0.2) is 0 Å². The molecular formula is C7H3BrF3N3O4. The van der Waals surface area contributed by atoms with E-state index in [1.165, 1.54) is 0 Å². The van der Waals surface area contributed by atoms with Gasteiger partial charge >= 0.3 is 11.9 Å². The van der Waals surface area contributed by atoms with Gasteiger partial charge in [0.15, 0.2) is 5.69 Å². The van der Waals surface area contributed by atoms with Crippen LogP contribution in [-0.2, 0) is 6.18 Å². The molecule has 0 bridgehead atoms. The minimum atomic E-state index is -4.98. The zero-order valence-electron chi connectivity index (χ0n) is 8.19. The SMILES string of the molecule is Nc1c([N+](=O)[O-])cc(C(F)(F)F)c(Br)c1[N+](=O)[O-]. The molecule has 1 aromatic carbocycles. The molecule has 0 aliphatic carbocycles. The van der Waals surface area contributed by atoms with Gasteiger partial charge in [0, 0.05) is 6.07 Å². The van der Waals surface area contributed by atoms with E-state index in [2.05, 4.69) is 15.9 Å². The maximum atomic E-state index is 12.6. The summed E-state index contributed by atoms with van der Waals surface area (Å²) >= 11 is 2.39. The third kappa shape index (κ3) is 2.34. The first-order valence-electron chi connectivity index (χ1n) is 4.05. The van der Waals surface area contributed by atoms with Crippen LogP contribution in [0, 0.1) is 20.2 Å². The second-order valence-corrected chi connectivity index (χ2v) is 3.82. The number of benzene rings is 1. The standard InChI is InChI=1S/C7H3BrF3N3O4/c8-4-2(7(9,10)11)1-3(13(15)16)5(12)6(4)14(17)18/h1H,12H2. The van der Waals surface area contributed by atoms with Crippen LogP contribution in [0.3, 0.4) is 0 Å². The first-order chi connectivity index (χ1) is 8.07. The Balaban J connectivity index is 3.78. The largest absolute Gasteiger partial charge is 0.418 e. The molecule has 18 heavy (non-hydrogen) atoms. The summed E-state index contributed by atoms with van der Waals surface area (Å²) in [5.74, 6) is 0. The van der Waals surface area contributed by atoms with Crippen molar-refractivity contribution in [2.45, 2.75) is 6.18 Å². The number of rotatable bonds is 2. The summed E-state index contributed by atoms with van der Waals surface area (Å²) in [5.41, 5.74) is 0.292. The Morgan fingerprint density at radius 2 is 1.72 bits per heavy atom. The third-order valence-corrected chi connectivity index (χ3v) is 2.74. The molecule has 0 amide bonds. The molecule has 2 N–H and O–H groups in total. The molecule has 0 radical (unpaired) electrons. The summed E-state index contributed by atoms with van der Waals surface area (Å²) in [5, 5.41) is 21.1. The molecule has 98 valence electrons. The second kappa shape index (κ2) is 4.40. The molecule has 0 atom stereocenters. The number of hydrogen-bond acceptors (Lipinski definition) is 5. The van der Waals surface area contributed by atoms with E-state index in [0.717, 1.165) is 0 Å². The highest BCUT2D eigenvalue weighted by molar-refractivity contribution is 9.10. The first-order valence-corrected chi connectivity index (χ1v) is 4.84. The molecular weight excluding hydrogens is 327 g/mol. The maximum absolute atomic E-state index is 12.6. The van der Waals surface area contributed by atoms with Crippen molar-refractivity contribution >= 4 is 33.0 Å². The van der Waals surface area contributed by atoms with Crippen LogP contribution in [0.1, 0.15) is 5.56 Å². The van der Waals surface area contributed by atoms with Crippen molar-refractivity contribution < 1.29 is 23.0 Å². The summed E-state index contributed by atoms with van der Waals surface area (Å²) < 4.78 is 36.7. The van der Waals surface area contributed by atoms with Crippen LogP contribution in [0.15, 0.2) is 10.5 Å². The molecule has 0 heterocycles. The lowest BCUT2D eigenvalue weighted by Gasteiger charge is -2.10. The summed E-state index contributed by atoms with van der Waals surface area (Å²) in [7, 11) is 0. The lowest BCUT2D eigenvalue weighted by atomic mass is 10.1. The van der Waals surface area contributed by atoms with E-state index >= 15 is 0 Å². The number of nitrogens with zero attached hydrogens (tertiary/aromatic N) is 2. The van der Waals surface area contributed by atoms with Crippen LogP contribution in [-0.4, -0.2) is 9.85 Å². The zero-order chi connectivity index (χ0) is 14.2. The summed E-state index contributed by atoms with van der Waals surface area (Å²) in [6, 6.07) is 0.145. The Hall–Kier alpha value is -1.91. The Labute approximate surface area is 105 Å². The minimum Gasteiger partial charge on any atom is -0.387 e. The first kappa shape index (κ1) is 14.2. The van der Waals surface area contributed by atoms with Gasteiger partial charge in [-0.15, -0.1) is 0 Å². The van der Waals surface area contributed by atoms with Gasteiger partial charge in [0.25, 0.3) is 5.69 Å². The van der Waals surface area contributed by atoms with Gasteiger partial charge in [-0.05, 0) is 15.9 Å². The van der Waals surface area contributed by atoms with Gasteiger partial charge in [-0.1, -0.05) is 0 Å². The number of anilines is 1. The molecule has 11 heteroatoms. The minimum absolute atomic E-state index is 0.145. The monoisotopic (exact) mass is 329 g/mol. The Morgan fingerprint density at radius 1 is 1.22 bits per heavy atom. The number of nitro groups is 2. The number of hydrogen-bond donors (Lipinski definition) is 1.